The van der Waals surface area contributed by atoms with Gasteiger partial charge in [-0.25, -0.2) is 29.5 Å². The van der Waals surface area contributed by atoms with Crippen LogP contribution >= 0.6 is 35.6 Å². The zero-order chi connectivity index (χ0) is 94.0. The van der Waals surface area contributed by atoms with E-state index in [9.17, 15) is 43.8 Å². The largest absolute Gasteiger partial charge is 0.497 e. The number of nitrogens with one attached hydrogen (secondary N) is 1. The average Bonchev–Trinajstić information content (AvgIpc) is 1.67. The molecule has 4 aliphatic carbocycles. The number of rotatable bonds is 24. The van der Waals surface area contributed by atoms with Gasteiger partial charge in [0.05, 0.1) is 81.7 Å². The molecular formula is C77H129Cl3N6O18. The van der Waals surface area contributed by atoms with Crippen molar-refractivity contribution in [2.45, 2.75) is 208 Å². The Morgan fingerprint density at radius 2 is 1.05 bits per heavy atom. The van der Waals surface area contributed by atoms with Crippen LogP contribution in [0.1, 0.15) is 194 Å². The molecule has 0 spiro atoms. The summed E-state index contributed by atoms with van der Waals surface area (Å²) < 4.78 is 139. The van der Waals surface area contributed by atoms with Gasteiger partial charge in [-0.2, -0.15) is 0 Å². The predicted octanol–water partition coefficient (Wildman–Crippen LogP) is 17.0. The van der Waals surface area contributed by atoms with Gasteiger partial charge in [0.1, 0.15) is 53.6 Å². The molecule has 2 aliphatic heterocycles. The molecule has 27 heteroatoms. The van der Waals surface area contributed by atoms with E-state index in [-0.39, 0.29) is 97.4 Å². The number of fused-ring (bicyclic) bond motifs is 6. The van der Waals surface area contributed by atoms with Crippen LogP contribution in [0.5, 0.6) is 23.3 Å². The van der Waals surface area contributed by atoms with Crippen LogP contribution in [-0.2, 0) is 52.5 Å². The number of halogens is 3. The molecule has 4 bridgehead atoms. The Bertz CT molecular complexity index is 3630. The lowest BCUT2D eigenvalue weighted by Crippen LogP contribution is -2.45. The fourth-order valence-electron chi connectivity index (χ4n) is 15.3. The van der Waals surface area contributed by atoms with Gasteiger partial charge >= 0.3 is 41.9 Å². The molecule has 2 aromatic heterocycles. The molecule has 4 saturated carbocycles. The molecule has 6 aliphatic rings. The van der Waals surface area contributed by atoms with E-state index in [0.29, 0.717) is 75.6 Å². The Balaban J connectivity index is -0.000000472. The number of allylic oxidation sites excluding steroid dienone is 2. The van der Waals surface area contributed by atoms with Gasteiger partial charge in [0.15, 0.2) is 10.3 Å². The molecule has 3 N–H and O–H groups in total. The normalized spacial score (nSPS) is 26.3. The maximum Gasteiger partial charge on any atom is 0.411 e. The van der Waals surface area contributed by atoms with Crippen molar-refractivity contribution < 1.29 is 115 Å². The summed E-state index contributed by atoms with van der Waals surface area (Å²) in [5.74, 6) is -0.455. The van der Waals surface area contributed by atoms with Crippen molar-refractivity contribution in [1.82, 2.24) is 30.2 Å². The summed E-state index contributed by atoms with van der Waals surface area (Å²) in [7, 11) is 5.78. The molecule has 4 aromatic rings. The van der Waals surface area contributed by atoms with E-state index < -0.39 is 76.4 Å². The molecule has 24 nitrogen and oxygen atoms in total. The van der Waals surface area contributed by atoms with Crippen LogP contribution in [0.25, 0.3) is 22.1 Å². The van der Waals surface area contributed by atoms with Crippen molar-refractivity contribution in [3.63, 3.8) is 0 Å². The number of carboxylic acid groups (broad SMARTS) is 2. The van der Waals surface area contributed by atoms with E-state index in [4.69, 9.17) is 92.6 Å². The first-order valence-electron chi connectivity index (χ1n) is 44.9. The van der Waals surface area contributed by atoms with Gasteiger partial charge in [0.2, 0.25) is 0 Å². The summed E-state index contributed by atoms with van der Waals surface area (Å²) in [4.78, 5) is 103. The molecule has 0 unspecified atom stereocenters. The summed E-state index contributed by atoms with van der Waals surface area (Å²) in [5.41, 5.74) is 0.770. The Morgan fingerprint density at radius 1 is 0.625 bits per heavy atom. The first-order valence-corrected chi connectivity index (χ1v) is 36.6. The molecule has 2 saturated heterocycles. The molecule has 2 aromatic carbocycles. The quantitative estimate of drug-likeness (QED) is 0.0254. The number of hydrogen-bond donors (Lipinski definition) is 3. The van der Waals surface area contributed by atoms with Crippen LogP contribution < -0.4 is 24.3 Å². The number of esters is 4. The topological polar surface area (TPSA) is 310 Å². The molecule has 0 radical (unpaired) electrons. The van der Waals surface area contributed by atoms with E-state index in [1.165, 1.54) is 44.8 Å². The lowest BCUT2D eigenvalue weighted by atomic mass is 9.78. The molecule has 16 atom stereocenters. The number of aliphatic carboxylic acids is 2. The van der Waals surface area contributed by atoms with Crippen molar-refractivity contribution >= 4 is 99.6 Å². The second-order valence-electron chi connectivity index (χ2n) is 31.2. The van der Waals surface area contributed by atoms with E-state index in [1.54, 1.807) is 78.3 Å². The minimum absolute atomic E-state index is 0. The maximum atomic E-state index is 12.7. The average molecular weight is 1550 g/mol. The van der Waals surface area contributed by atoms with Gasteiger partial charge in [-0.3, -0.25) is 28.9 Å². The Hall–Kier alpha value is -7.28. The summed E-state index contributed by atoms with van der Waals surface area (Å²) in [6.07, 6.45) is 15.8. The molecular weight excluding hydrogens is 1400 g/mol. The van der Waals surface area contributed by atoms with Crippen molar-refractivity contribution in [2.24, 2.45) is 70.0 Å². The fourth-order valence-corrected chi connectivity index (χ4v) is 15.7. The molecule has 104 heavy (non-hydrogen) atoms. The SMILES string of the molecule is C=CCCC[C@@H]1[C@@H]2CC[C@@H](C2)[C@H]1OC(=O)C[C@H](C(=O)O)C(C)(C)C.C=CCCC[C@H]1[C@H]2CC[C@H](C2)[C@@H]1OC(=O)C[C@H](C(=O)O)C(C)(C)C.COC(=O)[C@@H]1[C@H](C)[C@@H](Oc2nc3cc(OC)ccc3nc2Cl)CN1C(=O)OC(C)(C)C.COC(=O)[C@H]1NC[C@H](Oc2nc3cc(OC)ccc3nc2Cl)[C@H]1C.Cl.[2HH].[2H][2H].[2H][2H].[2H][2H].[2H][2H].[2H][2H].[2H][2H].[2H][2H].[2H][2H].[2H][2H]. The smallest absolute Gasteiger partial charge is 0.411 e. The predicted molar refractivity (Wildman–Crippen MR) is 417 cm³/mol. The number of unbranched alkanes of at least 4 members (excludes halogenated alkanes) is 2. The lowest BCUT2D eigenvalue weighted by Gasteiger charge is -2.32. The van der Waals surface area contributed by atoms with Gasteiger partial charge in [-0.1, -0.05) is 90.7 Å². The van der Waals surface area contributed by atoms with E-state index in [1.807, 2.05) is 60.6 Å². The fraction of sp³-hybridized carbons (Fsp3) is 0.649. The van der Waals surface area contributed by atoms with E-state index in [2.05, 4.69) is 38.4 Å². The molecule has 4 heterocycles. The Morgan fingerprint density at radius 3 is 1.43 bits per heavy atom. The minimum atomic E-state index is -0.921. The third-order valence-corrected chi connectivity index (χ3v) is 21.5. The molecule has 1 amide bonds. The van der Waals surface area contributed by atoms with Crippen molar-refractivity contribution in [1.29, 1.82) is 0 Å². The first kappa shape index (κ1) is 72.3. The molecule has 6 fully saturated rings. The lowest BCUT2D eigenvalue weighted by molar-refractivity contribution is -0.162. The van der Waals surface area contributed by atoms with Gasteiger partial charge in [-0.05, 0) is 168 Å². The van der Waals surface area contributed by atoms with Crippen LogP contribution in [0.3, 0.4) is 0 Å². The zero-order valence-electron chi connectivity index (χ0n) is 80.9. The van der Waals surface area contributed by atoms with Crippen LogP contribution in [0, 0.1) is 70.0 Å². The van der Waals surface area contributed by atoms with E-state index in [0.717, 1.165) is 51.4 Å². The number of carbonyl (C=O) groups is 7. The monoisotopic (exact) mass is 1550 g/mol. The minimum Gasteiger partial charge on any atom is -0.497 e. The van der Waals surface area contributed by atoms with Gasteiger partial charge in [0.25, 0.3) is 11.8 Å². The number of nitrogens with zero attached hydrogens (tertiary/aromatic N) is 5. The summed E-state index contributed by atoms with van der Waals surface area (Å²) >= 11 is 12.5. The highest BCUT2D eigenvalue weighted by atomic mass is 35.5. The standard InChI is InChI=1S/C21H26ClN3O6.2C20H32O4.C16H18ClN3O4.ClH.10H2/c1-11-15(10-25(16(11)19(26)29-6)20(27)31-21(2,3)4)30-18-17(22)23-13-8-7-12(28-5)9-14(13)24-18;2*1-5-6-7-8-15-13-9-10-14(11-13)18(15)24-17(21)12-16(19(22)23)20(2,3)4;1-8-12(7-18-13(8)16(21)23-3)24-15-14(17)19-10-5-4-9(22-2)6-11(10)20-15;;;;;;;;;;;/h7-9,11,15-16H,10H2,1-6H3;2*5,13-16,18H,1,6-12H2,2-4H3,(H,22,23);4-6,8,12-13,18H,7H2,1-3H3;11*1H/t11-,15+,16+;13-,14+,15-,16+,18-;13-,14+,15-,16-,18-;8-,12+,13+;;;;;;;;;;;/m1011.........../s1/i;;;;;9*1+1D;1+1. The van der Waals surface area contributed by atoms with Crippen LogP contribution in [0.2, 0.25) is 10.3 Å². The Labute approximate surface area is 657 Å². The number of likely N-dealkylation sites (tertiary alicyclic amines) is 1. The van der Waals surface area contributed by atoms with Gasteiger partial charge < -0.3 is 58.2 Å². The Kier molecular flexibility index (Phi) is 26.3. The third kappa shape index (κ3) is 22.4. The number of benzene rings is 2. The third-order valence-electron chi connectivity index (χ3n) is 21.0. The number of ether oxygens (including phenoxy) is 9. The highest BCUT2D eigenvalue weighted by molar-refractivity contribution is 6.31. The molecule has 596 valence electrons. The number of hydrogen-bond acceptors (Lipinski definition) is 21. The van der Waals surface area contributed by atoms with Crippen LogP contribution in [-0.4, -0.2) is 161 Å². The number of carboxylic acids is 2. The van der Waals surface area contributed by atoms with E-state index >= 15 is 0 Å². The number of methoxy groups -OCH3 is 4. The maximum absolute atomic E-state index is 12.7. The second kappa shape index (κ2) is 37.8. The zero-order valence-corrected chi connectivity index (χ0v) is 65.2. The second-order valence-corrected chi connectivity index (χ2v) is 31.9. The highest BCUT2D eigenvalue weighted by Crippen LogP contribution is 2.53. The highest BCUT2D eigenvalue weighted by Gasteiger charge is 2.52. The molecule has 10 rings (SSSR count). The van der Waals surface area contributed by atoms with Gasteiger partial charge in [0, 0.05) is 58.7 Å². The number of aromatic nitrogens is 4. The van der Waals surface area contributed by atoms with Crippen LogP contribution in [0.4, 0.5) is 4.79 Å². The van der Waals surface area contributed by atoms with Gasteiger partial charge in [-0.15, -0.1) is 25.6 Å². The summed E-state index contributed by atoms with van der Waals surface area (Å²) in [5, 5.41) is 22.2. The van der Waals surface area contributed by atoms with Crippen molar-refractivity contribution in [3.05, 3.63) is 72.0 Å². The number of carbonyl (C=O) groups excluding carboxylic acids is 5. The summed E-state index contributed by atoms with van der Waals surface area (Å²) in [6, 6.07) is 9.28. The van der Waals surface area contributed by atoms with Crippen molar-refractivity contribution in [2.75, 3.05) is 41.5 Å². The van der Waals surface area contributed by atoms with Crippen molar-refractivity contribution in [3.8, 4) is 23.3 Å². The summed E-state index contributed by atoms with van der Waals surface area (Å²) in [6.45, 7) is 28.2. The first-order chi connectivity index (χ1) is 57.5. The number of amides is 1. The van der Waals surface area contributed by atoms with Crippen LogP contribution in [0.15, 0.2) is 61.7 Å².